The summed E-state index contributed by atoms with van der Waals surface area (Å²) in [5.41, 5.74) is -0.115. The molecule has 1 aromatic heterocycles. The van der Waals surface area contributed by atoms with Gasteiger partial charge in [-0.1, -0.05) is 12.8 Å². The number of hydrogen-bond acceptors (Lipinski definition) is 3. The maximum atomic E-state index is 11.5. The van der Waals surface area contributed by atoms with E-state index in [9.17, 15) is 4.79 Å². The van der Waals surface area contributed by atoms with Gasteiger partial charge in [0.05, 0.1) is 17.8 Å². The first-order valence-corrected chi connectivity index (χ1v) is 6.51. The average Bonchev–Trinajstić information content (AvgIpc) is 2.97. The van der Waals surface area contributed by atoms with E-state index < -0.39 is 5.41 Å². The minimum atomic E-state index is -0.950. The summed E-state index contributed by atoms with van der Waals surface area (Å²) in [6.45, 7) is 3.15. The van der Waals surface area contributed by atoms with Crippen LogP contribution in [0.5, 0.6) is 0 Å². The van der Waals surface area contributed by atoms with Crippen molar-refractivity contribution >= 4 is 5.78 Å². The van der Waals surface area contributed by atoms with Crippen LogP contribution in [0.15, 0.2) is 12.3 Å². The van der Waals surface area contributed by atoms with Crippen LogP contribution in [0, 0.1) is 16.7 Å². The third-order valence-electron chi connectivity index (χ3n) is 3.92. The molecule has 1 heterocycles. The van der Waals surface area contributed by atoms with Crippen LogP contribution in [-0.2, 0) is 11.2 Å². The molecule has 1 aromatic rings. The molecule has 0 spiro atoms. The largest absolute Gasteiger partial charge is 0.298 e. The van der Waals surface area contributed by atoms with Crippen molar-refractivity contribution in [2.45, 2.75) is 52.0 Å². The third kappa shape index (κ3) is 2.45. The summed E-state index contributed by atoms with van der Waals surface area (Å²) in [5, 5.41) is 13.7. The molecule has 1 aliphatic carbocycles. The van der Waals surface area contributed by atoms with Gasteiger partial charge >= 0.3 is 0 Å². The van der Waals surface area contributed by atoms with Gasteiger partial charge < -0.3 is 0 Å². The van der Waals surface area contributed by atoms with Crippen molar-refractivity contribution in [2.75, 3.05) is 0 Å². The Bertz CT molecular complexity index is 479. The molecule has 18 heavy (non-hydrogen) atoms. The Kier molecular flexibility index (Phi) is 3.51. The highest BCUT2D eigenvalue weighted by molar-refractivity contribution is 5.84. The van der Waals surface area contributed by atoms with Gasteiger partial charge in [0.15, 0.2) is 0 Å². The molecule has 1 aliphatic rings. The number of aromatic nitrogens is 2. The van der Waals surface area contributed by atoms with E-state index in [0.29, 0.717) is 12.5 Å². The predicted octanol–water partition coefficient (Wildman–Crippen LogP) is 2.66. The number of Topliss-reactive ketones (excluding diaryl/α,β-unsaturated/α-hetero) is 1. The Morgan fingerprint density at radius 1 is 1.61 bits per heavy atom. The van der Waals surface area contributed by atoms with Crippen LogP contribution < -0.4 is 0 Å². The summed E-state index contributed by atoms with van der Waals surface area (Å²) in [5.74, 6) is -0.0968. The first-order valence-electron chi connectivity index (χ1n) is 6.51. The van der Waals surface area contributed by atoms with E-state index in [1.54, 1.807) is 6.92 Å². The summed E-state index contributed by atoms with van der Waals surface area (Å²) in [6, 6.07) is 4.54. The third-order valence-corrected chi connectivity index (χ3v) is 3.92. The first-order chi connectivity index (χ1) is 8.55. The van der Waals surface area contributed by atoms with E-state index >= 15 is 0 Å². The second-order valence-electron chi connectivity index (χ2n) is 5.40. The highest BCUT2D eigenvalue weighted by Crippen LogP contribution is 2.29. The molecule has 0 amide bonds. The fraction of sp³-hybridized carbons (Fsp3) is 0.643. The molecule has 0 aliphatic heterocycles. The molecule has 0 saturated heterocycles. The molecule has 1 unspecified atom stereocenters. The summed E-state index contributed by atoms with van der Waals surface area (Å²) in [7, 11) is 0. The van der Waals surface area contributed by atoms with Gasteiger partial charge in [0.25, 0.3) is 0 Å². The van der Waals surface area contributed by atoms with Crippen molar-refractivity contribution in [2.24, 2.45) is 5.41 Å². The van der Waals surface area contributed by atoms with Crippen molar-refractivity contribution in [3.63, 3.8) is 0 Å². The van der Waals surface area contributed by atoms with Crippen molar-refractivity contribution in [3.8, 4) is 6.07 Å². The standard InChI is InChI=1S/C14H19N3O/c1-11(18)14(2,10-15)9-12-7-8-17(16-12)13-5-3-4-6-13/h7-8,13H,3-6,9H2,1-2H3. The van der Waals surface area contributed by atoms with Crippen molar-refractivity contribution < 1.29 is 4.79 Å². The van der Waals surface area contributed by atoms with Crippen molar-refractivity contribution in [1.82, 2.24) is 9.78 Å². The molecule has 1 saturated carbocycles. The lowest BCUT2D eigenvalue weighted by Crippen LogP contribution is -2.26. The molecule has 0 aromatic carbocycles. The van der Waals surface area contributed by atoms with Gasteiger partial charge in [0.2, 0.25) is 0 Å². The maximum absolute atomic E-state index is 11.5. The van der Waals surface area contributed by atoms with Crippen LogP contribution >= 0.6 is 0 Å². The number of carbonyl (C=O) groups excluding carboxylic acids is 1. The second-order valence-corrected chi connectivity index (χ2v) is 5.40. The minimum Gasteiger partial charge on any atom is -0.298 e. The number of ketones is 1. The zero-order valence-corrected chi connectivity index (χ0v) is 11.0. The fourth-order valence-electron chi connectivity index (χ4n) is 2.45. The molecule has 4 nitrogen and oxygen atoms in total. The summed E-state index contributed by atoms with van der Waals surface area (Å²) in [6.07, 6.45) is 7.28. The second kappa shape index (κ2) is 4.93. The number of nitrogens with zero attached hydrogens (tertiary/aromatic N) is 3. The Balaban J connectivity index is 2.11. The van der Waals surface area contributed by atoms with E-state index in [2.05, 4.69) is 11.2 Å². The Hall–Kier alpha value is -1.63. The number of hydrogen-bond donors (Lipinski definition) is 0. The van der Waals surface area contributed by atoms with Crippen LogP contribution in [0.1, 0.15) is 51.3 Å². The van der Waals surface area contributed by atoms with Gasteiger partial charge in [-0.3, -0.25) is 9.48 Å². The van der Waals surface area contributed by atoms with Crippen LogP contribution in [0.25, 0.3) is 0 Å². The summed E-state index contributed by atoms with van der Waals surface area (Å²) < 4.78 is 2.00. The van der Waals surface area contributed by atoms with E-state index in [1.807, 2.05) is 16.9 Å². The highest BCUT2D eigenvalue weighted by atomic mass is 16.1. The monoisotopic (exact) mass is 245 g/mol. The first kappa shape index (κ1) is 12.8. The van der Waals surface area contributed by atoms with E-state index in [4.69, 9.17) is 5.26 Å². The molecule has 1 fully saturated rings. The molecule has 0 bridgehead atoms. The Morgan fingerprint density at radius 2 is 2.28 bits per heavy atom. The van der Waals surface area contributed by atoms with E-state index in [0.717, 1.165) is 5.69 Å². The maximum Gasteiger partial charge on any atom is 0.150 e. The summed E-state index contributed by atoms with van der Waals surface area (Å²) in [4.78, 5) is 11.5. The fourth-order valence-corrected chi connectivity index (χ4v) is 2.45. The molecule has 0 N–H and O–H groups in total. The minimum absolute atomic E-state index is 0.0968. The van der Waals surface area contributed by atoms with Crippen LogP contribution in [-0.4, -0.2) is 15.6 Å². The predicted molar refractivity (Wildman–Crippen MR) is 67.8 cm³/mol. The quantitative estimate of drug-likeness (QED) is 0.819. The van der Waals surface area contributed by atoms with Crippen LogP contribution in [0.2, 0.25) is 0 Å². The molecular weight excluding hydrogens is 226 g/mol. The summed E-state index contributed by atoms with van der Waals surface area (Å²) >= 11 is 0. The van der Waals surface area contributed by atoms with E-state index in [-0.39, 0.29) is 5.78 Å². The smallest absolute Gasteiger partial charge is 0.150 e. The number of carbonyl (C=O) groups is 1. The van der Waals surface area contributed by atoms with Gasteiger partial charge in [-0.2, -0.15) is 10.4 Å². The number of rotatable bonds is 4. The van der Waals surface area contributed by atoms with Crippen LogP contribution in [0.4, 0.5) is 0 Å². The topological polar surface area (TPSA) is 58.7 Å². The van der Waals surface area contributed by atoms with Gasteiger partial charge in [0.1, 0.15) is 11.2 Å². The van der Waals surface area contributed by atoms with Crippen molar-refractivity contribution in [1.29, 1.82) is 5.26 Å². The molecule has 0 radical (unpaired) electrons. The number of nitriles is 1. The van der Waals surface area contributed by atoms with Gasteiger partial charge in [0, 0.05) is 12.6 Å². The lowest BCUT2D eigenvalue weighted by molar-refractivity contribution is -0.123. The van der Waals surface area contributed by atoms with Gasteiger partial charge in [-0.25, -0.2) is 0 Å². The highest BCUT2D eigenvalue weighted by Gasteiger charge is 2.31. The molecule has 4 heteroatoms. The molecule has 2 rings (SSSR count). The molecule has 96 valence electrons. The SMILES string of the molecule is CC(=O)C(C)(C#N)Cc1ccn(C2CCCC2)n1. The molecular formula is C14H19N3O. The zero-order valence-electron chi connectivity index (χ0n) is 11.0. The van der Waals surface area contributed by atoms with E-state index in [1.165, 1.54) is 32.6 Å². The lowest BCUT2D eigenvalue weighted by atomic mass is 9.83. The normalized spacial score (nSPS) is 19.4. The average molecular weight is 245 g/mol. The Labute approximate surface area is 108 Å². The lowest BCUT2D eigenvalue weighted by Gasteiger charge is -2.16. The van der Waals surface area contributed by atoms with Crippen molar-refractivity contribution in [3.05, 3.63) is 18.0 Å². The van der Waals surface area contributed by atoms with Gasteiger partial charge in [-0.15, -0.1) is 0 Å². The van der Waals surface area contributed by atoms with Gasteiger partial charge in [-0.05, 0) is 32.8 Å². The Morgan fingerprint density at radius 3 is 2.83 bits per heavy atom. The zero-order chi connectivity index (χ0) is 13.2. The molecule has 1 atom stereocenters. The van der Waals surface area contributed by atoms with Crippen LogP contribution in [0.3, 0.4) is 0 Å².